The van der Waals surface area contributed by atoms with E-state index in [0.29, 0.717) is 45.7 Å². The van der Waals surface area contributed by atoms with Crippen LogP contribution in [-0.2, 0) is 19.2 Å². The normalized spacial score (nSPS) is 24.8. The number of allylic oxidation sites excluding steroid dienone is 1. The monoisotopic (exact) mass is 534 g/mol. The minimum atomic E-state index is -1.46. The first-order chi connectivity index (χ1) is 15.3. The molecule has 0 saturated carbocycles. The van der Waals surface area contributed by atoms with E-state index in [9.17, 15) is 24.3 Å². The second-order valence-electron chi connectivity index (χ2n) is 7.08. The molecule has 1 unspecified atom stereocenters. The molecule has 0 spiro atoms. The molecule has 33 heavy (non-hydrogen) atoms. The average Bonchev–Trinajstić information content (AvgIpc) is 3.37. The Hall–Kier alpha value is -0.960. The van der Waals surface area contributed by atoms with Gasteiger partial charge < -0.3 is 21.0 Å². The zero-order valence-electron chi connectivity index (χ0n) is 17.9. The van der Waals surface area contributed by atoms with Crippen molar-refractivity contribution in [2.75, 3.05) is 17.2 Å². The van der Waals surface area contributed by atoms with Crippen molar-refractivity contribution < 1.29 is 53.8 Å². The Morgan fingerprint density at radius 3 is 2.76 bits per heavy atom. The van der Waals surface area contributed by atoms with Gasteiger partial charge in [0.15, 0.2) is 5.13 Å². The minimum Gasteiger partial charge on any atom is -0.543 e. The number of β-lactam (4-membered cyclic amide) rings is 1. The van der Waals surface area contributed by atoms with Crippen LogP contribution in [0.25, 0.3) is 5.57 Å². The number of carboxylic acid groups (broad SMARTS) is 1. The number of aromatic nitrogens is 1. The molecule has 4 rings (SSSR count). The van der Waals surface area contributed by atoms with Gasteiger partial charge in [0, 0.05) is 21.8 Å². The summed E-state index contributed by atoms with van der Waals surface area (Å²) < 4.78 is 0. The Labute approximate surface area is 229 Å². The summed E-state index contributed by atoms with van der Waals surface area (Å²) in [6.07, 6.45) is 2.95. The number of thioether (sulfide) groups is 3. The third kappa shape index (κ3) is 5.34. The van der Waals surface area contributed by atoms with Crippen molar-refractivity contribution in [3.05, 3.63) is 27.8 Å². The maximum atomic E-state index is 12.9. The molecular weight excluding hydrogens is 515 g/mol. The molecule has 14 heteroatoms. The zero-order valence-corrected chi connectivity index (χ0v) is 23.1. The van der Waals surface area contributed by atoms with Gasteiger partial charge in [0.1, 0.15) is 11.4 Å². The van der Waals surface area contributed by atoms with Crippen LogP contribution in [0.4, 0.5) is 5.13 Å². The molecule has 9 nitrogen and oxygen atoms in total. The Balaban J connectivity index is 0.00000306. The number of thiazole rings is 1. The molecule has 4 heterocycles. The standard InChI is InChI=1S/C19H20N4O5S4.Na/c1-2-3-8(9-6-31-19(20)21-9)14(24)22-12-15(25)23-13(17(26)27)11(7-30-16(12)23)32-10-4-5-29-18(10)28;/h3,6,10,12,16H,2,4-5,7H2,1H3,(H2,20,21)(H,22,24)(H,26,27);/q;+1/p-1/b8-3-;/t10?,12-,16-;/m1./s1. The maximum Gasteiger partial charge on any atom is 1.00 e. The largest absolute Gasteiger partial charge is 1.00 e. The van der Waals surface area contributed by atoms with Crippen LogP contribution < -0.4 is 45.7 Å². The van der Waals surface area contributed by atoms with Gasteiger partial charge in [0.05, 0.1) is 28.2 Å². The van der Waals surface area contributed by atoms with Gasteiger partial charge in [-0.15, -0.1) is 34.9 Å². The van der Waals surface area contributed by atoms with Gasteiger partial charge in [-0.2, -0.15) is 0 Å². The number of fused-ring (bicyclic) bond motifs is 1. The SMILES string of the molecule is CC/C=C(\C(=O)N[C@@H]1C(=O)N2C(C(=O)[O-])=C(SC3CCSC3=O)CS[C@H]12)c1csc(N)n1.[Na+]. The summed E-state index contributed by atoms with van der Waals surface area (Å²) in [6, 6.07) is -0.867. The molecule has 1 aromatic rings. The molecule has 0 bridgehead atoms. The quantitative estimate of drug-likeness (QED) is 0.222. The van der Waals surface area contributed by atoms with Crippen LogP contribution in [-0.4, -0.2) is 61.0 Å². The second-order valence-corrected chi connectivity index (χ2v) is 11.5. The predicted octanol–water partition coefficient (Wildman–Crippen LogP) is -2.35. The molecule has 3 atom stereocenters. The molecule has 2 fully saturated rings. The van der Waals surface area contributed by atoms with Gasteiger partial charge in [-0.1, -0.05) is 24.8 Å². The van der Waals surface area contributed by atoms with E-state index in [1.807, 2.05) is 6.92 Å². The number of carbonyl (C=O) groups is 4. The number of nitrogens with one attached hydrogen (secondary N) is 1. The summed E-state index contributed by atoms with van der Waals surface area (Å²) in [7, 11) is 0. The number of nitrogens with two attached hydrogens (primary N) is 1. The van der Waals surface area contributed by atoms with Crippen molar-refractivity contribution >= 4 is 80.2 Å². The summed E-state index contributed by atoms with van der Waals surface area (Å²) in [4.78, 5) is 55.3. The number of aliphatic carboxylic acids is 1. The number of hydrogen-bond acceptors (Lipinski definition) is 11. The molecule has 0 radical (unpaired) electrons. The third-order valence-corrected chi connectivity index (χ3v) is 9.69. The van der Waals surface area contributed by atoms with Gasteiger partial charge in [-0.25, -0.2) is 4.98 Å². The molecule has 2 amide bonds. The Bertz CT molecular complexity index is 1060. The van der Waals surface area contributed by atoms with E-state index in [1.54, 1.807) is 11.5 Å². The second kappa shape index (κ2) is 11.2. The molecular formula is C19H19N4NaO5S4. The van der Waals surface area contributed by atoms with E-state index < -0.39 is 29.2 Å². The summed E-state index contributed by atoms with van der Waals surface area (Å²) in [6.45, 7) is 1.87. The van der Waals surface area contributed by atoms with Crippen LogP contribution in [0.5, 0.6) is 0 Å². The average molecular weight is 535 g/mol. The van der Waals surface area contributed by atoms with E-state index >= 15 is 0 Å². The van der Waals surface area contributed by atoms with E-state index in [0.717, 1.165) is 4.90 Å². The number of carboxylic acids is 1. The molecule has 170 valence electrons. The van der Waals surface area contributed by atoms with E-state index in [-0.39, 0.29) is 45.6 Å². The number of amides is 2. The summed E-state index contributed by atoms with van der Waals surface area (Å²) in [5.74, 6) is -1.42. The van der Waals surface area contributed by atoms with Crippen molar-refractivity contribution in [3.63, 3.8) is 0 Å². The number of nitrogens with zero attached hydrogens (tertiary/aromatic N) is 2. The fraction of sp³-hybridized carbons (Fsp3) is 0.421. The van der Waals surface area contributed by atoms with Gasteiger partial charge in [-0.3, -0.25) is 19.3 Å². The molecule has 2 saturated heterocycles. The number of rotatable bonds is 7. The van der Waals surface area contributed by atoms with Crippen LogP contribution in [0.3, 0.4) is 0 Å². The van der Waals surface area contributed by atoms with Crippen molar-refractivity contribution in [3.8, 4) is 0 Å². The maximum absolute atomic E-state index is 12.9. The fourth-order valence-electron chi connectivity index (χ4n) is 3.58. The minimum absolute atomic E-state index is 0. The Morgan fingerprint density at radius 2 is 2.18 bits per heavy atom. The van der Waals surface area contributed by atoms with Crippen LogP contribution >= 0.6 is 46.6 Å². The first-order valence-electron chi connectivity index (χ1n) is 9.76. The predicted molar refractivity (Wildman–Crippen MR) is 125 cm³/mol. The van der Waals surface area contributed by atoms with Gasteiger partial charge >= 0.3 is 29.6 Å². The number of nitrogen functional groups attached to an aromatic ring is 1. The third-order valence-electron chi connectivity index (χ3n) is 5.04. The van der Waals surface area contributed by atoms with Crippen LogP contribution in [0, 0.1) is 0 Å². The Kier molecular flexibility index (Phi) is 9.03. The van der Waals surface area contributed by atoms with Gasteiger partial charge in [-0.05, 0) is 12.8 Å². The first kappa shape index (κ1) is 26.6. The molecule has 3 aliphatic heterocycles. The van der Waals surface area contributed by atoms with Crippen molar-refractivity contribution in [1.82, 2.24) is 15.2 Å². The van der Waals surface area contributed by atoms with Crippen molar-refractivity contribution in [2.45, 2.75) is 36.4 Å². The summed E-state index contributed by atoms with van der Waals surface area (Å²) in [5.41, 5.74) is 6.23. The smallest absolute Gasteiger partial charge is 0.543 e. The van der Waals surface area contributed by atoms with Crippen molar-refractivity contribution in [2.24, 2.45) is 0 Å². The van der Waals surface area contributed by atoms with Crippen LogP contribution in [0.15, 0.2) is 22.1 Å². The van der Waals surface area contributed by atoms with Crippen LogP contribution in [0.1, 0.15) is 25.5 Å². The van der Waals surface area contributed by atoms with Gasteiger partial charge in [0.25, 0.3) is 11.8 Å². The molecule has 3 N–H and O–H groups in total. The number of anilines is 1. The topological polar surface area (TPSA) is 146 Å². The molecule has 3 aliphatic rings. The molecule has 0 aliphatic carbocycles. The molecule has 1 aromatic heterocycles. The van der Waals surface area contributed by atoms with Crippen molar-refractivity contribution in [1.29, 1.82) is 0 Å². The Morgan fingerprint density at radius 1 is 1.42 bits per heavy atom. The number of hydrogen-bond donors (Lipinski definition) is 2. The van der Waals surface area contributed by atoms with E-state index in [1.165, 1.54) is 46.6 Å². The van der Waals surface area contributed by atoms with Crippen LogP contribution in [0.2, 0.25) is 0 Å². The van der Waals surface area contributed by atoms with E-state index in [4.69, 9.17) is 5.73 Å². The number of carbonyl (C=O) groups excluding carboxylic acids is 4. The first-order valence-corrected chi connectivity index (χ1v) is 13.6. The summed E-state index contributed by atoms with van der Waals surface area (Å²) >= 11 is 5.00. The molecule has 0 aromatic carbocycles. The van der Waals surface area contributed by atoms with Gasteiger partial charge in [0.2, 0.25) is 5.12 Å². The zero-order chi connectivity index (χ0) is 23.0. The van der Waals surface area contributed by atoms with E-state index in [2.05, 4.69) is 10.3 Å². The summed E-state index contributed by atoms with van der Waals surface area (Å²) in [5, 5.41) is 15.7. The fourth-order valence-corrected chi connectivity index (χ4v) is 8.13.